The van der Waals surface area contributed by atoms with Gasteiger partial charge in [-0.1, -0.05) is 59.6 Å². The summed E-state index contributed by atoms with van der Waals surface area (Å²) in [7, 11) is -3.52. The molecule has 0 aliphatic rings. The van der Waals surface area contributed by atoms with Crippen molar-refractivity contribution in [3.63, 3.8) is 0 Å². The molecule has 38 heavy (non-hydrogen) atoms. The minimum absolute atomic E-state index is 0.203. The van der Waals surface area contributed by atoms with Gasteiger partial charge in [0, 0.05) is 5.02 Å². The lowest BCUT2D eigenvalue weighted by Gasteiger charge is -2.23. The van der Waals surface area contributed by atoms with Gasteiger partial charge in [0.1, 0.15) is 11.5 Å². The molecule has 4 rings (SSSR count). The van der Waals surface area contributed by atoms with E-state index in [-0.39, 0.29) is 13.2 Å². The molecule has 0 unspecified atom stereocenters. The van der Waals surface area contributed by atoms with Crippen molar-refractivity contribution in [3.05, 3.63) is 113 Å². The number of hydrogen-bond donors (Lipinski definition) is 1. The van der Waals surface area contributed by atoms with Gasteiger partial charge in [0.15, 0.2) is 12.4 Å². The van der Waals surface area contributed by atoms with Crippen LogP contribution in [0.4, 0.5) is 11.4 Å². The van der Waals surface area contributed by atoms with Crippen LogP contribution in [0.3, 0.4) is 0 Å². The van der Waals surface area contributed by atoms with E-state index in [0.717, 1.165) is 11.1 Å². The van der Waals surface area contributed by atoms with Crippen LogP contribution in [0.5, 0.6) is 17.2 Å². The number of carbonyl (C=O) groups excluding carboxylic acids is 1. The topological polar surface area (TPSA) is 84.9 Å². The van der Waals surface area contributed by atoms with E-state index in [2.05, 4.69) is 5.32 Å². The second-order valence-corrected chi connectivity index (χ2v) is 11.0. The summed E-state index contributed by atoms with van der Waals surface area (Å²) in [5, 5.41) is 3.20. The lowest BCUT2D eigenvalue weighted by molar-refractivity contribution is -0.118. The fourth-order valence-corrected chi connectivity index (χ4v) is 4.67. The number of sulfonamides is 1. The molecule has 0 aliphatic carbocycles. The van der Waals surface area contributed by atoms with Gasteiger partial charge in [-0.2, -0.15) is 0 Å². The van der Waals surface area contributed by atoms with Crippen molar-refractivity contribution < 1.29 is 22.7 Å². The number of carbonyl (C=O) groups is 1. The van der Waals surface area contributed by atoms with Crippen molar-refractivity contribution in [1.82, 2.24) is 0 Å². The summed E-state index contributed by atoms with van der Waals surface area (Å²) in [5.74, 6) is 1.06. The molecule has 1 amide bonds. The van der Waals surface area contributed by atoms with Crippen molar-refractivity contribution in [3.8, 4) is 17.2 Å². The lowest BCUT2D eigenvalue weighted by Crippen LogP contribution is -2.29. The van der Waals surface area contributed by atoms with Crippen LogP contribution < -0.4 is 19.1 Å². The number of nitrogens with one attached hydrogen (secondary N) is 1. The Labute approximate surface area is 227 Å². The monoisotopic (exact) mass is 550 g/mol. The van der Waals surface area contributed by atoms with E-state index in [0.29, 0.717) is 33.6 Å². The highest BCUT2D eigenvalue weighted by Crippen LogP contribution is 2.32. The predicted octanol–water partition coefficient (Wildman–Crippen LogP) is 6.42. The number of hydrogen-bond acceptors (Lipinski definition) is 5. The molecule has 1 N–H and O–H groups in total. The lowest BCUT2D eigenvalue weighted by atomic mass is 10.1. The first-order valence-corrected chi connectivity index (χ1v) is 14.0. The number of nitrogens with zero attached hydrogens (tertiary/aromatic N) is 1. The molecule has 0 atom stereocenters. The summed E-state index contributed by atoms with van der Waals surface area (Å²) < 4.78 is 37.8. The molecule has 0 spiro atoms. The normalized spacial score (nSPS) is 11.0. The molecule has 4 aromatic rings. The third kappa shape index (κ3) is 7.50. The summed E-state index contributed by atoms with van der Waals surface area (Å²) in [5.41, 5.74) is 2.87. The Morgan fingerprint density at radius 1 is 0.895 bits per heavy atom. The van der Waals surface area contributed by atoms with E-state index < -0.39 is 15.9 Å². The minimum Gasteiger partial charge on any atom is -0.484 e. The molecule has 0 aliphatic heterocycles. The largest absolute Gasteiger partial charge is 0.484 e. The third-order valence-corrected chi connectivity index (χ3v) is 6.90. The zero-order chi connectivity index (χ0) is 27.1. The quantitative estimate of drug-likeness (QED) is 0.246. The molecule has 0 fully saturated rings. The second-order valence-electron chi connectivity index (χ2n) is 8.64. The molecule has 0 saturated heterocycles. The fourth-order valence-electron chi connectivity index (χ4n) is 3.61. The molecule has 0 aromatic heterocycles. The van der Waals surface area contributed by atoms with E-state index in [1.807, 2.05) is 49.4 Å². The van der Waals surface area contributed by atoms with Gasteiger partial charge in [-0.3, -0.25) is 9.10 Å². The van der Waals surface area contributed by atoms with Crippen LogP contribution in [-0.2, 0) is 21.4 Å². The maximum atomic E-state index is 12.6. The average Bonchev–Trinajstić information content (AvgIpc) is 2.89. The standard InChI is InChI=1S/C29H27ClN2O5S/c1-21-8-10-22(11-9-21)19-32(38(2,34)35)24-13-15-25(16-14-24)36-20-29(33)31-27-18-23(30)12-17-28(27)37-26-6-4-3-5-7-26/h3-18H,19-20H2,1-2H3,(H,31,33). The third-order valence-electron chi connectivity index (χ3n) is 5.53. The molecule has 196 valence electrons. The SMILES string of the molecule is Cc1ccc(CN(c2ccc(OCC(=O)Nc3cc(Cl)ccc3Oc3ccccc3)cc2)S(C)(=O)=O)cc1. The number of ether oxygens (including phenoxy) is 2. The molecule has 9 heteroatoms. The summed E-state index contributed by atoms with van der Waals surface area (Å²) >= 11 is 6.12. The number of amides is 1. The van der Waals surface area contributed by atoms with Crippen LogP contribution in [0.25, 0.3) is 0 Å². The van der Waals surface area contributed by atoms with E-state index in [1.54, 1.807) is 54.6 Å². The summed E-state index contributed by atoms with van der Waals surface area (Å²) in [6.45, 7) is 1.91. The van der Waals surface area contributed by atoms with Crippen molar-refractivity contribution in [2.24, 2.45) is 0 Å². The highest BCUT2D eigenvalue weighted by Gasteiger charge is 2.18. The van der Waals surface area contributed by atoms with Crippen LogP contribution in [0.15, 0.2) is 97.1 Å². The van der Waals surface area contributed by atoms with Gasteiger partial charge in [0.2, 0.25) is 10.0 Å². The number of aryl methyl sites for hydroxylation is 1. The molecule has 0 radical (unpaired) electrons. The van der Waals surface area contributed by atoms with Crippen LogP contribution >= 0.6 is 11.6 Å². The van der Waals surface area contributed by atoms with E-state index in [9.17, 15) is 13.2 Å². The van der Waals surface area contributed by atoms with E-state index in [1.165, 1.54) is 10.6 Å². The highest BCUT2D eigenvalue weighted by atomic mass is 35.5. The minimum atomic E-state index is -3.52. The van der Waals surface area contributed by atoms with E-state index >= 15 is 0 Å². The molecule has 7 nitrogen and oxygen atoms in total. The summed E-state index contributed by atoms with van der Waals surface area (Å²) in [4.78, 5) is 12.6. The molecular formula is C29H27ClN2O5S. The number of halogens is 1. The van der Waals surface area contributed by atoms with Gasteiger partial charge in [-0.15, -0.1) is 0 Å². The Morgan fingerprint density at radius 3 is 2.24 bits per heavy atom. The predicted molar refractivity (Wildman–Crippen MR) is 151 cm³/mol. The number of anilines is 2. The van der Waals surface area contributed by atoms with Gasteiger partial charge >= 0.3 is 0 Å². The maximum Gasteiger partial charge on any atom is 0.262 e. The van der Waals surface area contributed by atoms with Gasteiger partial charge in [-0.05, 0) is 67.1 Å². The molecule has 0 saturated carbocycles. The molecule has 4 aromatic carbocycles. The smallest absolute Gasteiger partial charge is 0.262 e. The van der Waals surface area contributed by atoms with Crippen LogP contribution in [0.1, 0.15) is 11.1 Å². The van der Waals surface area contributed by atoms with Gasteiger partial charge in [0.05, 0.1) is 24.2 Å². The van der Waals surface area contributed by atoms with E-state index in [4.69, 9.17) is 21.1 Å². The Bertz CT molecular complexity index is 1490. The summed E-state index contributed by atoms with van der Waals surface area (Å²) in [6.07, 6.45) is 1.17. The Kier molecular flexibility index (Phi) is 8.55. The fraction of sp³-hybridized carbons (Fsp3) is 0.138. The van der Waals surface area contributed by atoms with Gasteiger partial charge in [-0.25, -0.2) is 8.42 Å². The van der Waals surface area contributed by atoms with Gasteiger partial charge < -0.3 is 14.8 Å². The number of para-hydroxylation sites is 1. The van der Waals surface area contributed by atoms with Crippen molar-refractivity contribution in [2.75, 3.05) is 22.5 Å². The molecule has 0 bridgehead atoms. The Morgan fingerprint density at radius 2 is 1.58 bits per heavy atom. The highest BCUT2D eigenvalue weighted by molar-refractivity contribution is 7.92. The molecule has 0 heterocycles. The van der Waals surface area contributed by atoms with Gasteiger partial charge in [0.25, 0.3) is 5.91 Å². The maximum absolute atomic E-state index is 12.6. The zero-order valence-corrected chi connectivity index (χ0v) is 22.5. The van der Waals surface area contributed by atoms with Crippen LogP contribution in [0, 0.1) is 6.92 Å². The molecular weight excluding hydrogens is 524 g/mol. The Balaban J connectivity index is 1.39. The van der Waals surface area contributed by atoms with Crippen LogP contribution in [0.2, 0.25) is 5.02 Å². The van der Waals surface area contributed by atoms with Crippen molar-refractivity contribution >= 4 is 38.9 Å². The Hall–Kier alpha value is -4.01. The zero-order valence-electron chi connectivity index (χ0n) is 20.9. The first kappa shape index (κ1) is 27.0. The van der Waals surface area contributed by atoms with Crippen molar-refractivity contribution in [1.29, 1.82) is 0 Å². The first-order chi connectivity index (χ1) is 18.2. The number of benzene rings is 4. The van der Waals surface area contributed by atoms with Crippen LogP contribution in [-0.4, -0.2) is 27.2 Å². The number of rotatable bonds is 10. The second kappa shape index (κ2) is 12.0. The summed E-state index contributed by atoms with van der Waals surface area (Å²) in [6, 6.07) is 28.4. The first-order valence-electron chi connectivity index (χ1n) is 11.8. The van der Waals surface area contributed by atoms with Crippen molar-refractivity contribution in [2.45, 2.75) is 13.5 Å². The average molecular weight is 551 g/mol.